The molecule has 0 radical (unpaired) electrons. The van der Waals surface area contributed by atoms with Crippen LogP contribution in [0, 0.1) is 17.1 Å². The average molecular weight is 270 g/mol. The number of hydrogen-bond donors (Lipinski definition) is 2. The summed E-state index contributed by atoms with van der Waals surface area (Å²) < 4.78 is 12.9. The normalized spacial score (nSPS) is 11.4. The van der Waals surface area contributed by atoms with Crippen LogP contribution in [-0.2, 0) is 4.79 Å². The molecule has 1 atom stereocenters. The van der Waals surface area contributed by atoms with E-state index in [9.17, 15) is 9.18 Å². The third-order valence-electron chi connectivity index (χ3n) is 2.67. The van der Waals surface area contributed by atoms with Gasteiger partial charge in [-0.3, -0.25) is 4.79 Å². The fraction of sp³-hybridized carbons (Fsp3) is 0.0714. The molecule has 3 N–H and O–H groups in total. The van der Waals surface area contributed by atoms with E-state index in [0.29, 0.717) is 16.9 Å². The number of nitrogens with zero attached hydrogens (tertiary/aromatic N) is 2. The molecule has 2 rings (SSSR count). The molecule has 0 saturated carbocycles. The molecule has 6 heteroatoms. The highest BCUT2D eigenvalue weighted by Crippen LogP contribution is 2.18. The van der Waals surface area contributed by atoms with Crippen molar-refractivity contribution >= 4 is 11.7 Å². The standard InChI is InChI=1S/C14H11FN4O/c15-11-4-2-10(3-5-11)13(14(17)20)19-12-6-1-9(7-16)8-18-12/h1-6,8,13H,(H2,17,20)(H,18,19). The Morgan fingerprint density at radius 3 is 2.50 bits per heavy atom. The SMILES string of the molecule is N#Cc1ccc(NC(C(N)=O)c2ccc(F)cc2)nc1. The summed E-state index contributed by atoms with van der Waals surface area (Å²) in [4.78, 5) is 15.5. The molecule has 5 nitrogen and oxygen atoms in total. The summed E-state index contributed by atoms with van der Waals surface area (Å²) in [6.45, 7) is 0. The van der Waals surface area contributed by atoms with Gasteiger partial charge in [0.1, 0.15) is 23.7 Å². The third kappa shape index (κ3) is 3.09. The fourth-order valence-corrected chi connectivity index (χ4v) is 1.67. The van der Waals surface area contributed by atoms with E-state index in [1.54, 1.807) is 12.1 Å². The number of benzene rings is 1. The van der Waals surface area contributed by atoms with Gasteiger partial charge in [0, 0.05) is 6.20 Å². The lowest BCUT2D eigenvalue weighted by molar-refractivity contribution is -0.118. The van der Waals surface area contributed by atoms with Crippen LogP contribution in [0.1, 0.15) is 17.2 Å². The van der Waals surface area contributed by atoms with Crippen molar-refractivity contribution in [2.45, 2.75) is 6.04 Å². The Morgan fingerprint density at radius 2 is 2.00 bits per heavy atom. The van der Waals surface area contributed by atoms with Crippen LogP contribution in [0.5, 0.6) is 0 Å². The van der Waals surface area contributed by atoms with Crippen molar-refractivity contribution in [3.8, 4) is 6.07 Å². The number of pyridine rings is 1. The van der Waals surface area contributed by atoms with Gasteiger partial charge in [-0.25, -0.2) is 9.37 Å². The first-order valence-corrected chi connectivity index (χ1v) is 5.77. The molecule has 0 aliphatic rings. The fourth-order valence-electron chi connectivity index (χ4n) is 1.67. The first-order valence-electron chi connectivity index (χ1n) is 5.77. The van der Waals surface area contributed by atoms with E-state index in [1.165, 1.54) is 30.5 Å². The molecule has 1 aromatic carbocycles. The minimum Gasteiger partial charge on any atom is -0.368 e. The molecule has 2 aromatic rings. The third-order valence-corrected chi connectivity index (χ3v) is 2.67. The number of rotatable bonds is 4. The largest absolute Gasteiger partial charge is 0.368 e. The van der Waals surface area contributed by atoms with Crippen LogP contribution in [0.2, 0.25) is 0 Å². The van der Waals surface area contributed by atoms with Gasteiger partial charge in [-0.15, -0.1) is 0 Å². The lowest BCUT2D eigenvalue weighted by Gasteiger charge is -2.16. The van der Waals surface area contributed by atoms with Crippen molar-refractivity contribution in [1.29, 1.82) is 5.26 Å². The lowest BCUT2D eigenvalue weighted by Crippen LogP contribution is -2.28. The van der Waals surface area contributed by atoms with Crippen LogP contribution in [0.4, 0.5) is 10.2 Å². The van der Waals surface area contributed by atoms with Gasteiger partial charge in [-0.05, 0) is 29.8 Å². The number of primary amides is 1. The number of aromatic nitrogens is 1. The first kappa shape index (κ1) is 13.5. The number of anilines is 1. The van der Waals surface area contributed by atoms with Crippen molar-refractivity contribution in [3.05, 3.63) is 59.5 Å². The van der Waals surface area contributed by atoms with Gasteiger partial charge in [-0.2, -0.15) is 5.26 Å². The average Bonchev–Trinajstić information content (AvgIpc) is 2.46. The van der Waals surface area contributed by atoms with E-state index in [0.717, 1.165) is 0 Å². The van der Waals surface area contributed by atoms with Crippen LogP contribution in [-0.4, -0.2) is 10.9 Å². The van der Waals surface area contributed by atoms with E-state index in [-0.39, 0.29) is 0 Å². The summed E-state index contributed by atoms with van der Waals surface area (Å²) in [7, 11) is 0. The molecule has 1 heterocycles. The molecular formula is C14H11FN4O. The van der Waals surface area contributed by atoms with Crippen LogP contribution >= 0.6 is 0 Å². The number of carbonyl (C=O) groups is 1. The summed E-state index contributed by atoms with van der Waals surface area (Å²) in [5.41, 5.74) is 6.28. The van der Waals surface area contributed by atoms with Gasteiger partial charge >= 0.3 is 0 Å². The molecule has 1 unspecified atom stereocenters. The Labute approximate surface area is 114 Å². The minimum atomic E-state index is -0.823. The molecule has 0 spiro atoms. The van der Waals surface area contributed by atoms with Crippen molar-refractivity contribution in [1.82, 2.24) is 4.98 Å². The van der Waals surface area contributed by atoms with Gasteiger partial charge < -0.3 is 11.1 Å². The molecule has 0 bridgehead atoms. The molecule has 0 saturated heterocycles. The summed E-state index contributed by atoms with van der Waals surface area (Å²) in [6.07, 6.45) is 1.38. The predicted octanol–water partition coefficient (Wildman–Crippen LogP) is 1.73. The number of hydrogen-bond acceptors (Lipinski definition) is 4. The minimum absolute atomic E-state index is 0.395. The predicted molar refractivity (Wildman–Crippen MR) is 70.9 cm³/mol. The van der Waals surface area contributed by atoms with E-state index in [4.69, 9.17) is 11.0 Å². The topological polar surface area (TPSA) is 91.8 Å². The van der Waals surface area contributed by atoms with Gasteiger partial charge in [0.25, 0.3) is 0 Å². The number of nitriles is 1. The van der Waals surface area contributed by atoms with Gasteiger partial charge in [0.2, 0.25) is 5.91 Å². The maximum Gasteiger partial charge on any atom is 0.244 e. The zero-order valence-corrected chi connectivity index (χ0v) is 10.4. The Balaban J connectivity index is 2.23. The summed E-state index contributed by atoms with van der Waals surface area (Å²) >= 11 is 0. The van der Waals surface area contributed by atoms with E-state index in [2.05, 4.69) is 10.3 Å². The quantitative estimate of drug-likeness (QED) is 0.885. The van der Waals surface area contributed by atoms with Crippen molar-refractivity contribution in [2.24, 2.45) is 5.73 Å². The Kier molecular flexibility index (Phi) is 3.91. The Bertz CT molecular complexity index is 646. The maximum absolute atomic E-state index is 12.9. The summed E-state index contributed by atoms with van der Waals surface area (Å²) in [5.74, 6) is -0.603. The number of nitrogens with two attached hydrogens (primary N) is 1. The number of nitrogens with one attached hydrogen (secondary N) is 1. The monoisotopic (exact) mass is 270 g/mol. The molecule has 1 amide bonds. The van der Waals surface area contributed by atoms with Crippen molar-refractivity contribution in [2.75, 3.05) is 5.32 Å². The van der Waals surface area contributed by atoms with Crippen LogP contribution in [0.25, 0.3) is 0 Å². The second-order valence-electron chi connectivity index (χ2n) is 4.08. The van der Waals surface area contributed by atoms with Crippen LogP contribution in [0.3, 0.4) is 0 Å². The number of carbonyl (C=O) groups excluding carboxylic acids is 1. The van der Waals surface area contributed by atoms with E-state index < -0.39 is 17.8 Å². The smallest absolute Gasteiger partial charge is 0.244 e. The second-order valence-corrected chi connectivity index (χ2v) is 4.08. The Hall–Kier alpha value is -2.94. The van der Waals surface area contributed by atoms with E-state index in [1.807, 2.05) is 6.07 Å². The van der Waals surface area contributed by atoms with Crippen LogP contribution in [0.15, 0.2) is 42.6 Å². The second kappa shape index (κ2) is 5.80. The highest BCUT2D eigenvalue weighted by Gasteiger charge is 2.18. The van der Waals surface area contributed by atoms with Gasteiger partial charge in [0.05, 0.1) is 5.56 Å². The molecule has 0 fully saturated rings. The molecule has 1 aromatic heterocycles. The summed E-state index contributed by atoms with van der Waals surface area (Å²) in [6, 6.07) is 9.70. The molecule has 100 valence electrons. The lowest BCUT2D eigenvalue weighted by atomic mass is 10.1. The van der Waals surface area contributed by atoms with Gasteiger partial charge in [0.15, 0.2) is 0 Å². The van der Waals surface area contributed by atoms with Crippen molar-refractivity contribution < 1.29 is 9.18 Å². The summed E-state index contributed by atoms with van der Waals surface area (Å²) in [5, 5.41) is 11.5. The van der Waals surface area contributed by atoms with Crippen LogP contribution < -0.4 is 11.1 Å². The highest BCUT2D eigenvalue weighted by atomic mass is 19.1. The first-order chi connectivity index (χ1) is 9.60. The highest BCUT2D eigenvalue weighted by molar-refractivity contribution is 5.84. The maximum atomic E-state index is 12.9. The molecule has 0 aliphatic carbocycles. The van der Waals surface area contributed by atoms with Gasteiger partial charge in [-0.1, -0.05) is 12.1 Å². The zero-order chi connectivity index (χ0) is 14.5. The molecular weight excluding hydrogens is 259 g/mol. The molecule has 20 heavy (non-hydrogen) atoms. The molecule has 0 aliphatic heterocycles. The van der Waals surface area contributed by atoms with Crippen molar-refractivity contribution in [3.63, 3.8) is 0 Å². The number of halogens is 1. The Morgan fingerprint density at radius 1 is 1.30 bits per heavy atom. The zero-order valence-electron chi connectivity index (χ0n) is 10.4. The number of amides is 1. The van der Waals surface area contributed by atoms with E-state index >= 15 is 0 Å².